The van der Waals surface area contributed by atoms with Gasteiger partial charge in [-0.05, 0) is 43.0 Å². The van der Waals surface area contributed by atoms with Crippen molar-refractivity contribution in [1.82, 2.24) is 10.2 Å². The zero-order valence-corrected chi connectivity index (χ0v) is 16.4. The molecule has 0 saturated carbocycles. The standard InChI is InChI=1S/C21H23BrN2O2/c1-15(16-10-12-18(22)13-11-16)23-21(26)20(17-7-3-2-4-8-17)24-14-6-5-9-19(24)25/h2-4,7-8,10-13,15,20H,5-6,9,14H2,1H3,(H,23,26). The van der Waals surface area contributed by atoms with E-state index in [1.165, 1.54) is 0 Å². The highest BCUT2D eigenvalue weighted by Gasteiger charge is 2.33. The van der Waals surface area contributed by atoms with Crippen LogP contribution in [-0.4, -0.2) is 23.3 Å². The Kier molecular flexibility index (Phi) is 6.09. The van der Waals surface area contributed by atoms with E-state index in [0.717, 1.165) is 28.4 Å². The number of carbonyl (C=O) groups is 2. The first-order chi connectivity index (χ1) is 12.6. The monoisotopic (exact) mass is 414 g/mol. The Hall–Kier alpha value is -2.14. The molecule has 26 heavy (non-hydrogen) atoms. The maximum absolute atomic E-state index is 13.1. The lowest BCUT2D eigenvalue weighted by molar-refractivity contribution is -0.143. The van der Waals surface area contributed by atoms with Crippen LogP contribution in [0.15, 0.2) is 59.1 Å². The molecule has 0 aliphatic carbocycles. The molecule has 4 nitrogen and oxygen atoms in total. The molecule has 2 aromatic carbocycles. The maximum Gasteiger partial charge on any atom is 0.247 e. The molecule has 0 aromatic heterocycles. The van der Waals surface area contributed by atoms with E-state index in [1.54, 1.807) is 4.90 Å². The fourth-order valence-corrected chi connectivity index (χ4v) is 3.60. The van der Waals surface area contributed by atoms with E-state index in [1.807, 2.05) is 61.5 Å². The smallest absolute Gasteiger partial charge is 0.247 e. The first-order valence-electron chi connectivity index (χ1n) is 8.96. The van der Waals surface area contributed by atoms with Crippen LogP contribution in [0.3, 0.4) is 0 Å². The van der Waals surface area contributed by atoms with Gasteiger partial charge in [-0.3, -0.25) is 9.59 Å². The van der Waals surface area contributed by atoms with Crippen molar-refractivity contribution < 1.29 is 9.59 Å². The van der Waals surface area contributed by atoms with Gasteiger partial charge in [-0.2, -0.15) is 0 Å². The Labute approximate surface area is 162 Å². The number of benzene rings is 2. The maximum atomic E-state index is 13.1. The molecule has 0 spiro atoms. The predicted molar refractivity (Wildman–Crippen MR) is 105 cm³/mol. The molecule has 2 amide bonds. The third-order valence-corrected chi connectivity index (χ3v) is 5.29. The number of carbonyl (C=O) groups excluding carboxylic acids is 2. The second-order valence-electron chi connectivity index (χ2n) is 6.64. The Morgan fingerprint density at radius 2 is 1.73 bits per heavy atom. The van der Waals surface area contributed by atoms with E-state index in [9.17, 15) is 9.59 Å². The molecular weight excluding hydrogens is 392 g/mol. The van der Waals surface area contributed by atoms with E-state index >= 15 is 0 Å². The number of piperidine rings is 1. The third kappa shape index (κ3) is 4.33. The summed E-state index contributed by atoms with van der Waals surface area (Å²) in [5.74, 6) is -0.0848. The van der Waals surface area contributed by atoms with Gasteiger partial charge in [-0.15, -0.1) is 0 Å². The van der Waals surface area contributed by atoms with Crippen LogP contribution in [0.25, 0.3) is 0 Å². The van der Waals surface area contributed by atoms with Gasteiger partial charge in [0.15, 0.2) is 0 Å². The molecule has 2 unspecified atom stereocenters. The fraction of sp³-hybridized carbons (Fsp3) is 0.333. The van der Waals surface area contributed by atoms with Crippen molar-refractivity contribution in [1.29, 1.82) is 0 Å². The van der Waals surface area contributed by atoms with Crippen molar-refractivity contribution >= 4 is 27.7 Å². The van der Waals surface area contributed by atoms with E-state index < -0.39 is 6.04 Å². The van der Waals surface area contributed by atoms with Crippen molar-refractivity contribution in [3.8, 4) is 0 Å². The van der Waals surface area contributed by atoms with Crippen molar-refractivity contribution in [2.24, 2.45) is 0 Å². The van der Waals surface area contributed by atoms with Crippen LogP contribution in [0.1, 0.15) is 49.4 Å². The summed E-state index contributed by atoms with van der Waals surface area (Å²) in [7, 11) is 0. The van der Waals surface area contributed by atoms with Crippen molar-refractivity contribution in [3.63, 3.8) is 0 Å². The van der Waals surface area contributed by atoms with Gasteiger partial charge < -0.3 is 10.2 Å². The second-order valence-corrected chi connectivity index (χ2v) is 7.55. The van der Waals surface area contributed by atoms with Gasteiger partial charge in [0.25, 0.3) is 0 Å². The third-order valence-electron chi connectivity index (χ3n) is 4.76. The average Bonchev–Trinajstić information content (AvgIpc) is 2.65. The van der Waals surface area contributed by atoms with Gasteiger partial charge in [-0.25, -0.2) is 0 Å². The summed E-state index contributed by atoms with van der Waals surface area (Å²) < 4.78 is 1.00. The quantitative estimate of drug-likeness (QED) is 0.788. The molecule has 2 aromatic rings. The Balaban J connectivity index is 1.82. The van der Waals surface area contributed by atoms with E-state index in [0.29, 0.717) is 13.0 Å². The Bertz CT molecular complexity index is 761. The first-order valence-corrected chi connectivity index (χ1v) is 9.76. The zero-order chi connectivity index (χ0) is 18.5. The van der Waals surface area contributed by atoms with Gasteiger partial charge >= 0.3 is 0 Å². The molecule has 0 bridgehead atoms. The van der Waals surface area contributed by atoms with E-state index in [4.69, 9.17) is 0 Å². The summed E-state index contributed by atoms with van der Waals surface area (Å²) in [6.07, 6.45) is 2.34. The SMILES string of the molecule is CC(NC(=O)C(c1ccccc1)N1CCCCC1=O)c1ccc(Br)cc1. The van der Waals surface area contributed by atoms with Gasteiger partial charge in [0.2, 0.25) is 11.8 Å². The van der Waals surface area contributed by atoms with Crippen LogP contribution in [0.2, 0.25) is 0 Å². The number of rotatable bonds is 5. The van der Waals surface area contributed by atoms with Gasteiger partial charge in [0.05, 0.1) is 6.04 Å². The van der Waals surface area contributed by atoms with Gasteiger partial charge in [0.1, 0.15) is 6.04 Å². The summed E-state index contributed by atoms with van der Waals surface area (Å²) in [5, 5.41) is 3.08. The molecule has 1 N–H and O–H groups in total. The molecule has 5 heteroatoms. The minimum Gasteiger partial charge on any atom is -0.347 e. The molecule has 2 atom stereocenters. The van der Waals surface area contributed by atoms with Gasteiger partial charge in [-0.1, -0.05) is 58.4 Å². The topological polar surface area (TPSA) is 49.4 Å². The lowest BCUT2D eigenvalue weighted by atomic mass is 9.99. The predicted octanol–water partition coefficient (Wildman–Crippen LogP) is 4.38. The van der Waals surface area contributed by atoms with Crippen LogP contribution in [0.4, 0.5) is 0 Å². The van der Waals surface area contributed by atoms with Crippen LogP contribution in [-0.2, 0) is 9.59 Å². The number of halogens is 1. The van der Waals surface area contributed by atoms with E-state index in [2.05, 4.69) is 21.2 Å². The second kappa shape index (κ2) is 8.49. The van der Waals surface area contributed by atoms with Crippen LogP contribution in [0, 0.1) is 0 Å². The van der Waals surface area contributed by atoms with Crippen molar-refractivity contribution in [3.05, 3.63) is 70.2 Å². The minimum atomic E-state index is -0.582. The summed E-state index contributed by atoms with van der Waals surface area (Å²) >= 11 is 3.43. The van der Waals surface area contributed by atoms with Crippen LogP contribution < -0.4 is 5.32 Å². The number of nitrogens with zero attached hydrogens (tertiary/aromatic N) is 1. The molecule has 0 radical (unpaired) electrons. The van der Waals surface area contributed by atoms with Crippen molar-refractivity contribution in [2.75, 3.05) is 6.54 Å². The van der Waals surface area contributed by atoms with Crippen molar-refractivity contribution in [2.45, 2.75) is 38.3 Å². The van der Waals surface area contributed by atoms with E-state index in [-0.39, 0.29) is 17.9 Å². The number of hydrogen-bond donors (Lipinski definition) is 1. The normalized spacial score (nSPS) is 16.8. The number of likely N-dealkylation sites (tertiary alicyclic amines) is 1. The molecule has 1 saturated heterocycles. The molecule has 1 aliphatic rings. The highest BCUT2D eigenvalue weighted by Crippen LogP contribution is 2.27. The zero-order valence-electron chi connectivity index (χ0n) is 14.8. The number of hydrogen-bond acceptors (Lipinski definition) is 2. The number of nitrogens with one attached hydrogen (secondary N) is 1. The highest BCUT2D eigenvalue weighted by atomic mass is 79.9. The molecule has 1 fully saturated rings. The minimum absolute atomic E-state index is 0.0524. The largest absolute Gasteiger partial charge is 0.347 e. The fourth-order valence-electron chi connectivity index (χ4n) is 3.34. The summed E-state index contributed by atoms with van der Waals surface area (Å²) in [6, 6.07) is 16.7. The first kappa shape index (κ1) is 18.6. The highest BCUT2D eigenvalue weighted by molar-refractivity contribution is 9.10. The number of amides is 2. The molecule has 1 aliphatic heterocycles. The Morgan fingerprint density at radius 3 is 2.38 bits per heavy atom. The lowest BCUT2D eigenvalue weighted by Gasteiger charge is -2.34. The summed E-state index contributed by atoms with van der Waals surface area (Å²) in [6.45, 7) is 2.58. The summed E-state index contributed by atoms with van der Waals surface area (Å²) in [5.41, 5.74) is 1.88. The molecule has 3 rings (SSSR count). The van der Waals surface area contributed by atoms with Crippen LogP contribution in [0.5, 0.6) is 0 Å². The lowest BCUT2D eigenvalue weighted by Crippen LogP contribution is -2.46. The Morgan fingerprint density at radius 1 is 1.04 bits per heavy atom. The van der Waals surface area contributed by atoms with Gasteiger partial charge in [0, 0.05) is 17.4 Å². The molecular formula is C21H23BrN2O2. The average molecular weight is 415 g/mol. The molecule has 136 valence electrons. The molecule has 1 heterocycles. The van der Waals surface area contributed by atoms with Crippen LogP contribution >= 0.6 is 15.9 Å². The summed E-state index contributed by atoms with van der Waals surface area (Å²) in [4.78, 5) is 27.3.